The second-order valence-corrected chi connectivity index (χ2v) is 7.20. The van der Waals surface area contributed by atoms with Gasteiger partial charge in [0.1, 0.15) is 0 Å². The molecule has 2 rings (SSSR count). The molecule has 3 N–H and O–H groups in total. The molecule has 0 bridgehead atoms. The SMILES string of the molecule is COc1cc(/C=N/NC(=O)Nc2ccc(Br)c(C)c2)c(Br)cc1OCC(=O)O. The third kappa shape index (κ3) is 6.24. The Bertz CT molecular complexity index is 918. The molecular weight excluding hydrogens is 498 g/mol. The summed E-state index contributed by atoms with van der Waals surface area (Å²) in [6.07, 6.45) is 1.42. The standard InChI is InChI=1S/C18H17Br2N3O5/c1-10-5-12(3-4-13(10)19)22-18(26)23-21-8-11-6-15(27-2)16(7-14(11)20)28-9-17(24)25/h3-8H,9H2,1-2H3,(H,24,25)(H2,22,23,26)/b21-8+. The number of methoxy groups -OCH3 is 1. The topological polar surface area (TPSA) is 109 Å². The molecular formula is C18H17Br2N3O5. The van der Waals surface area contributed by atoms with Crippen LogP contribution in [0.2, 0.25) is 0 Å². The summed E-state index contributed by atoms with van der Waals surface area (Å²) in [4.78, 5) is 22.6. The summed E-state index contributed by atoms with van der Waals surface area (Å²) in [5.74, 6) is -0.495. The summed E-state index contributed by atoms with van der Waals surface area (Å²) in [7, 11) is 1.43. The van der Waals surface area contributed by atoms with Gasteiger partial charge in [-0.3, -0.25) is 0 Å². The highest BCUT2D eigenvalue weighted by atomic mass is 79.9. The maximum absolute atomic E-state index is 12.0. The lowest BCUT2D eigenvalue weighted by atomic mass is 10.2. The zero-order valence-corrected chi connectivity index (χ0v) is 18.1. The van der Waals surface area contributed by atoms with Gasteiger partial charge in [-0.2, -0.15) is 5.10 Å². The monoisotopic (exact) mass is 513 g/mol. The number of benzene rings is 2. The van der Waals surface area contributed by atoms with E-state index >= 15 is 0 Å². The van der Waals surface area contributed by atoms with Gasteiger partial charge in [0.25, 0.3) is 0 Å². The summed E-state index contributed by atoms with van der Waals surface area (Å²) < 4.78 is 11.9. The molecule has 0 aliphatic heterocycles. The molecule has 0 fully saturated rings. The number of hydrazone groups is 1. The van der Waals surface area contributed by atoms with Crippen molar-refractivity contribution in [3.8, 4) is 11.5 Å². The van der Waals surface area contributed by atoms with Crippen LogP contribution in [0.5, 0.6) is 11.5 Å². The van der Waals surface area contributed by atoms with Gasteiger partial charge in [0.2, 0.25) is 0 Å². The van der Waals surface area contributed by atoms with Crippen LogP contribution in [0.4, 0.5) is 10.5 Å². The minimum atomic E-state index is -1.10. The summed E-state index contributed by atoms with van der Waals surface area (Å²) in [5, 5.41) is 15.3. The maximum atomic E-state index is 12.0. The minimum absolute atomic E-state index is 0.269. The lowest BCUT2D eigenvalue weighted by molar-refractivity contribution is -0.139. The first-order valence-corrected chi connectivity index (χ1v) is 9.47. The van der Waals surface area contributed by atoms with E-state index in [0.29, 0.717) is 21.5 Å². The first-order chi connectivity index (χ1) is 13.3. The van der Waals surface area contributed by atoms with E-state index in [2.05, 4.69) is 47.7 Å². The molecule has 0 unspecified atom stereocenters. The van der Waals surface area contributed by atoms with Crippen molar-refractivity contribution in [2.75, 3.05) is 19.0 Å². The number of carboxylic acids is 1. The molecule has 10 heteroatoms. The van der Waals surface area contributed by atoms with Crippen LogP contribution in [0.15, 0.2) is 44.4 Å². The van der Waals surface area contributed by atoms with Crippen LogP contribution < -0.4 is 20.2 Å². The Kier molecular flexibility index (Phi) is 7.82. The molecule has 0 saturated carbocycles. The molecule has 0 radical (unpaired) electrons. The van der Waals surface area contributed by atoms with Crippen LogP contribution in [0.1, 0.15) is 11.1 Å². The van der Waals surface area contributed by atoms with Crippen LogP contribution in [-0.2, 0) is 4.79 Å². The van der Waals surface area contributed by atoms with Crippen LogP contribution in [0.3, 0.4) is 0 Å². The van der Waals surface area contributed by atoms with E-state index in [-0.39, 0.29) is 5.75 Å². The van der Waals surface area contributed by atoms with Crippen molar-refractivity contribution in [1.82, 2.24) is 5.43 Å². The molecule has 0 atom stereocenters. The molecule has 2 aromatic rings. The number of halogens is 2. The van der Waals surface area contributed by atoms with Gasteiger partial charge in [0.15, 0.2) is 18.1 Å². The largest absolute Gasteiger partial charge is 0.493 e. The number of aryl methyl sites for hydroxylation is 1. The van der Waals surface area contributed by atoms with E-state index in [9.17, 15) is 9.59 Å². The molecule has 0 saturated heterocycles. The average Bonchev–Trinajstić information content (AvgIpc) is 2.64. The molecule has 2 aromatic carbocycles. The molecule has 8 nitrogen and oxygen atoms in total. The van der Waals surface area contributed by atoms with Gasteiger partial charge in [-0.05, 0) is 58.7 Å². The lowest BCUT2D eigenvalue weighted by Gasteiger charge is -2.11. The van der Waals surface area contributed by atoms with Crippen molar-refractivity contribution >= 4 is 55.8 Å². The predicted molar refractivity (Wildman–Crippen MR) is 112 cm³/mol. The first kappa shape index (κ1) is 21.7. The third-order valence-corrected chi connectivity index (χ3v) is 5.00. The van der Waals surface area contributed by atoms with E-state index in [1.54, 1.807) is 18.2 Å². The van der Waals surface area contributed by atoms with Crippen LogP contribution in [0, 0.1) is 6.92 Å². The van der Waals surface area contributed by atoms with E-state index < -0.39 is 18.6 Å². The summed E-state index contributed by atoms with van der Waals surface area (Å²) >= 11 is 6.75. The predicted octanol–water partition coefficient (Wildman–Crippen LogP) is 4.15. The number of nitrogens with zero attached hydrogens (tertiary/aromatic N) is 1. The Balaban J connectivity index is 2.03. The molecule has 0 aromatic heterocycles. The molecule has 0 aliphatic rings. The van der Waals surface area contributed by atoms with Crippen molar-refractivity contribution < 1.29 is 24.2 Å². The second kappa shape index (κ2) is 10.1. The van der Waals surface area contributed by atoms with Gasteiger partial charge in [0.05, 0.1) is 13.3 Å². The molecule has 148 valence electrons. The van der Waals surface area contributed by atoms with Crippen LogP contribution in [-0.4, -0.2) is 37.0 Å². The Hall–Kier alpha value is -2.59. The molecule has 0 spiro atoms. The quantitative estimate of drug-likeness (QED) is 0.380. The number of hydrogen-bond donors (Lipinski definition) is 3. The van der Waals surface area contributed by atoms with E-state index in [1.807, 2.05) is 19.1 Å². The summed E-state index contributed by atoms with van der Waals surface area (Å²) in [5.41, 5.74) is 4.59. The number of urea groups is 1. The number of ether oxygens (including phenoxy) is 2. The Morgan fingerprint density at radius 2 is 1.93 bits per heavy atom. The molecule has 28 heavy (non-hydrogen) atoms. The highest BCUT2D eigenvalue weighted by Gasteiger charge is 2.11. The number of rotatable bonds is 7. The summed E-state index contributed by atoms with van der Waals surface area (Å²) in [6.45, 7) is 1.42. The molecule has 2 amide bonds. The van der Waals surface area contributed by atoms with Crippen molar-refractivity contribution in [3.63, 3.8) is 0 Å². The number of anilines is 1. The number of carbonyl (C=O) groups excluding carboxylic acids is 1. The zero-order valence-electron chi connectivity index (χ0n) is 15.0. The zero-order chi connectivity index (χ0) is 20.7. The van der Waals surface area contributed by atoms with Crippen LogP contribution >= 0.6 is 31.9 Å². The Morgan fingerprint density at radius 3 is 2.57 bits per heavy atom. The second-order valence-electron chi connectivity index (χ2n) is 5.50. The Labute approximate surface area is 178 Å². The van der Waals surface area contributed by atoms with E-state index in [1.165, 1.54) is 13.3 Å². The van der Waals surface area contributed by atoms with Crippen molar-refractivity contribution in [2.24, 2.45) is 5.10 Å². The van der Waals surface area contributed by atoms with Gasteiger partial charge in [-0.1, -0.05) is 15.9 Å². The normalized spacial score (nSPS) is 10.6. The third-order valence-electron chi connectivity index (χ3n) is 3.42. The highest BCUT2D eigenvalue weighted by molar-refractivity contribution is 9.10. The highest BCUT2D eigenvalue weighted by Crippen LogP contribution is 2.32. The number of aliphatic carboxylic acids is 1. The van der Waals surface area contributed by atoms with Crippen molar-refractivity contribution in [1.29, 1.82) is 0 Å². The lowest BCUT2D eigenvalue weighted by Crippen LogP contribution is -2.24. The van der Waals surface area contributed by atoms with Gasteiger partial charge >= 0.3 is 12.0 Å². The first-order valence-electron chi connectivity index (χ1n) is 7.88. The number of nitrogens with one attached hydrogen (secondary N) is 2. The van der Waals surface area contributed by atoms with Crippen molar-refractivity contribution in [2.45, 2.75) is 6.92 Å². The number of amides is 2. The number of hydrogen-bond acceptors (Lipinski definition) is 5. The fourth-order valence-corrected chi connectivity index (χ4v) is 2.77. The fourth-order valence-electron chi connectivity index (χ4n) is 2.10. The van der Waals surface area contributed by atoms with Gasteiger partial charge in [0, 0.05) is 20.2 Å². The van der Waals surface area contributed by atoms with Crippen LogP contribution in [0.25, 0.3) is 0 Å². The number of carbonyl (C=O) groups is 2. The molecule has 0 heterocycles. The summed E-state index contributed by atoms with van der Waals surface area (Å²) in [6, 6.07) is 8.09. The fraction of sp³-hybridized carbons (Fsp3) is 0.167. The van der Waals surface area contributed by atoms with Gasteiger partial charge in [-0.15, -0.1) is 0 Å². The van der Waals surface area contributed by atoms with Gasteiger partial charge < -0.3 is 19.9 Å². The smallest absolute Gasteiger partial charge is 0.341 e. The van der Waals surface area contributed by atoms with Gasteiger partial charge in [-0.25, -0.2) is 15.0 Å². The molecule has 0 aliphatic carbocycles. The minimum Gasteiger partial charge on any atom is -0.493 e. The van der Waals surface area contributed by atoms with E-state index in [0.717, 1.165) is 10.0 Å². The Morgan fingerprint density at radius 1 is 1.18 bits per heavy atom. The number of carboxylic acid groups (broad SMARTS) is 1. The van der Waals surface area contributed by atoms with E-state index in [4.69, 9.17) is 14.6 Å². The maximum Gasteiger partial charge on any atom is 0.341 e. The van der Waals surface area contributed by atoms with Crippen molar-refractivity contribution in [3.05, 3.63) is 50.4 Å². The average molecular weight is 515 g/mol.